The van der Waals surface area contributed by atoms with Gasteiger partial charge in [0.2, 0.25) is 5.91 Å². The van der Waals surface area contributed by atoms with Crippen LogP contribution < -0.4 is 5.32 Å². The van der Waals surface area contributed by atoms with Crippen LogP contribution in [-0.2, 0) is 4.79 Å². The fourth-order valence-corrected chi connectivity index (χ4v) is 2.26. The molecule has 0 aliphatic heterocycles. The van der Waals surface area contributed by atoms with Gasteiger partial charge in [0.1, 0.15) is 0 Å². The summed E-state index contributed by atoms with van der Waals surface area (Å²) in [6, 6.07) is 0. The van der Waals surface area contributed by atoms with Gasteiger partial charge < -0.3 is 5.32 Å². The van der Waals surface area contributed by atoms with E-state index in [1.165, 1.54) is 12.8 Å². The van der Waals surface area contributed by atoms with Crippen LogP contribution in [0, 0.1) is 5.41 Å². The summed E-state index contributed by atoms with van der Waals surface area (Å²) in [5.41, 5.74) is -0.229. The van der Waals surface area contributed by atoms with E-state index in [-0.39, 0.29) is 11.3 Å². The third-order valence-electron chi connectivity index (χ3n) is 1.95. The van der Waals surface area contributed by atoms with Crippen molar-refractivity contribution in [3.05, 3.63) is 0 Å². The molecule has 78 valence electrons. The highest BCUT2D eigenvalue weighted by Crippen LogP contribution is 2.22. The van der Waals surface area contributed by atoms with E-state index in [1.54, 1.807) is 7.05 Å². The zero-order chi connectivity index (χ0) is 10.3. The normalized spacial score (nSPS) is 11.4. The largest absolute Gasteiger partial charge is 0.359 e. The minimum absolute atomic E-state index is 0.136. The summed E-state index contributed by atoms with van der Waals surface area (Å²) in [4.78, 5) is 11.4. The molecule has 0 bridgehead atoms. The molecule has 13 heavy (non-hydrogen) atoms. The molecule has 0 aliphatic carbocycles. The molecular weight excluding hydrogens is 182 g/mol. The number of carbonyl (C=O) groups excluding carboxylic acids is 1. The highest BCUT2D eigenvalue weighted by Gasteiger charge is 2.25. The maximum absolute atomic E-state index is 11.4. The van der Waals surface area contributed by atoms with Crippen molar-refractivity contribution < 1.29 is 4.79 Å². The first-order valence-electron chi connectivity index (χ1n) is 4.84. The van der Waals surface area contributed by atoms with E-state index in [0.717, 1.165) is 11.5 Å². The van der Waals surface area contributed by atoms with Crippen LogP contribution in [0.1, 0.15) is 33.6 Å². The van der Waals surface area contributed by atoms with Gasteiger partial charge in [-0.1, -0.05) is 27.2 Å². The topological polar surface area (TPSA) is 29.1 Å². The van der Waals surface area contributed by atoms with Crippen molar-refractivity contribution in [1.29, 1.82) is 0 Å². The number of carbonyl (C=O) groups is 1. The number of unbranched alkanes of at least 4 members (excludes halogenated alkanes) is 1. The van der Waals surface area contributed by atoms with Gasteiger partial charge >= 0.3 is 0 Å². The highest BCUT2D eigenvalue weighted by molar-refractivity contribution is 7.99. The molecule has 0 spiro atoms. The van der Waals surface area contributed by atoms with Crippen LogP contribution in [0.3, 0.4) is 0 Å². The second-order valence-corrected chi connectivity index (χ2v) is 4.97. The molecule has 0 aromatic heterocycles. The van der Waals surface area contributed by atoms with E-state index in [0.29, 0.717) is 0 Å². The minimum Gasteiger partial charge on any atom is -0.359 e. The number of amides is 1. The summed E-state index contributed by atoms with van der Waals surface area (Å²) in [7, 11) is 1.70. The Hall–Kier alpha value is -0.180. The lowest BCUT2D eigenvalue weighted by molar-refractivity contribution is -0.127. The summed E-state index contributed by atoms with van der Waals surface area (Å²) in [6.45, 7) is 6.17. The zero-order valence-electron chi connectivity index (χ0n) is 9.14. The molecule has 3 heteroatoms. The average molecular weight is 203 g/mol. The molecule has 0 saturated heterocycles. The molecule has 2 nitrogen and oxygen atoms in total. The Labute approximate surface area is 85.9 Å². The molecule has 0 saturated carbocycles. The second-order valence-electron chi connectivity index (χ2n) is 3.87. The molecule has 0 unspecified atom stereocenters. The van der Waals surface area contributed by atoms with Gasteiger partial charge in [-0.15, -0.1) is 0 Å². The number of nitrogens with one attached hydrogen (secondary N) is 1. The monoisotopic (exact) mass is 203 g/mol. The van der Waals surface area contributed by atoms with Crippen molar-refractivity contribution in [2.75, 3.05) is 18.6 Å². The Bertz CT molecular complexity index is 157. The van der Waals surface area contributed by atoms with Crippen LogP contribution >= 0.6 is 11.8 Å². The Morgan fingerprint density at radius 3 is 2.54 bits per heavy atom. The molecule has 0 aliphatic rings. The predicted octanol–water partition coefficient (Wildman–Crippen LogP) is 2.29. The third kappa shape index (κ3) is 5.19. The summed E-state index contributed by atoms with van der Waals surface area (Å²) in [5.74, 6) is 2.21. The van der Waals surface area contributed by atoms with Crippen LogP contribution in [0.4, 0.5) is 0 Å². The van der Waals surface area contributed by atoms with Crippen molar-refractivity contribution in [3.8, 4) is 0 Å². The molecule has 0 fully saturated rings. The molecule has 1 N–H and O–H groups in total. The number of hydrogen-bond acceptors (Lipinski definition) is 2. The Kier molecular flexibility index (Phi) is 6.21. The lowest BCUT2D eigenvalue weighted by Crippen LogP contribution is -2.36. The standard InChI is InChI=1S/C10H21NOS/c1-5-6-7-13-8-10(2,3)9(12)11-4/h5-8H2,1-4H3,(H,11,12). The molecule has 0 radical (unpaired) electrons. The number of rotatable bonds is 6. The molecular formula is C10H21NOS. The Balaban J connectivity index is 3.69. The fourth-order valence-electron chi connectivity index (χ4n) is 0.978. The summed E-state index contributed by atoms with van der Waals surface area (Å²) in [6.07, 6.45) is 2.47. The van der Waals surface area contributed by atoms with Crippen LogP contribution in [0.15, 0.2) is 0 Å². The van der Waals surface area contributed by atoms with E-state index in [1.807, 2.05) is 25.6 Å². The first kappa shape index (κ1) is 12.8. The summed E-state index contributed by atoms with van der Waals surface area (Å²) in [5, 5.41) is 2.69. The number of thioether (sulfide) groups is 1. The van der Waals surface area contributed by atoms with Gasteiger partial charge in [-0.2, -0.15) is 11.8 Å². The van der Waals surface area contributed by atoms with Gasteiger partial charge in [0, 0.05) is 12.8 Å². The van der Waals surface area contributed by atoms with E-state index in [9.17, 15) is 4.79 Å². The van der Waals surface area contributed by atoms with Gasteiger partial charge in [-0.05, 0) is 12.2 Å². The van der Waals surface area contributed by atoms with Crippen molar-refractivity contribution in [1.82, 2.24) is 5.32 Å². The maximum Gasteiger partial charge on any atom is 0.226 e. The molecule has 0 atom stereocenters. The number of hydrogen-bond donors (Lipinski definition) is 1. The van der Waals surface area contributed by atoms with Crippen LogP contribution in [0.25, 0.3) is 0 Å². The second kappa shape index (κ2) is 6.30. The van der Waals surface area contributed by atoms with Gasteiger partial charge in [-0.25, -0.2) is 0 Å². The van der Waals surface area contributed by atoms with Gasteiger partial charge in [-0.3, -0.25) is 4.79 Å². The Morgan fingerprint density at radius 2 is 2.08 bits per heavy atom. The summed E-state index contributed by atoms with van der Waals surface area (Å²) >= 11 is 1.87. The predicted molar refractivity (Wildman–Crippen MR) is 60.1 cm³/mol. The Morgan fingerprint density at radius 1 is 1.46 bits per heavy atom. The van der Waals surface area contributed by atoms with Gasteiger partial charge in [0.15, 0.2) is 0 Å². The SMILES string of the molecule is CCCCSCC(C)(C)C(=O)NC. The lowest BCUT2D eigenvalue weighted by atomic mass is 9.95. The molecule has 0 rings (SSSR count). The molecule has 0 aromatic carbocycles. The fraction of sp³-hybridized carbons (Fsp3) is 0.900. The molecule has 0 heterocycles. The van der Waals surface area contributed by atoms with Crippen LogP contribution in [-0.4, -0.2) is 24.5 Å². The first-order valence-corrected chi connectivity index (χ1v) is 6.00. The van der Waals surface area contributed by atoms with E-state index < -0.39 is 0 Å². The minimum atomic E-state index is -0.229. The molecule has 1 amide bonds. The summed E-state index contributed by atoms with van der Waals surface area (Å²) < 4.78 is 0. The maximum atomic E-state index is 11.4. The van der Waals surface area contributed by atoms with Crippen LogP contribution in [0.2, 0.25) is 0 Å². The smallest absolute Gasteiger partial charge is 0.226 e. The van der Waals surface area contributed by atoms with Crippen molar-refractivity contribution in [2.24, 2.45) is 5.41 Å². The first-order chi connectivity index (χ1) is 6.04. The van der Waals surface area contributed by atoms with Crippen molar-refractivity contribution >= 4 is 17.7 Å². The van der Waals surface area contributed by atoms with E-state index in [2.05, 4.69) is 12.2 Å². The van der Waals surface area contributed by atoms with Crippen molar-refractivity contribution in [3.63, 3.8) is 0 Å². The van der Waals surface area contributed by atoms with E-state index in [4.69, 9.17) is 0 Å². The zero-order valence-corrected chi connectivity index (χ0v) is 9.96. The van der Waals surface area contributed by atoms with Gasteiger partial charge in [0.25, 0.3) is 0 Å². The third-order valence-corrected chi connectivity index (χ3v) is 3.45. The van der Waals surface area contributed by atoms with Crippen molar-refractivity contribution in [2.45, 2.75) is 33.6 Å². The molecule has 0 aromatic rings. The average Bonchev–Trinajstić information content (AvgIpc) is 2.11. The quantitative estimate of drug-likeness (QED) is 0.671. The highest BCUT2D eigenvalue weighted by atomic mass is 32.2. The van der Waals surface area contributed by atoms with E-state index >= 15 is 0 Å². The van der Waals surface area contributed by atoms with Crippen LogP contribution in [0.5, 0.6) is 0 Å². The lowest BCUT2D eigenvalue weighted by Gasteiger charge is -2.21. The van der Waals surface area contributed by atoms with Gasteiger partial charge in [0.05, 0.1) is 5.41 Å².